The van der Waals surface area contributed by atoms with Crippen LogP contribution >= 0.6 is 11.6 Å². The van der Waals surface area contributed by atoms with Crippen molar-refractivity contribution in [1.29, 1.82) is 0 Å². The molecule has 1 aliphatic heterocycles. The predicted octanol–water partition coefficient (Wildman–Crippen LogP) is 2.98. The van der Waals surface area contributed by atoms with Crippen LogP contribution in [0.25, 0.3) is 0 Å². The lowest BCUT2D eigenvalue weighted by atomic mass is 9.88. The summed E-state index contributed by atoms with van der Waals surface area (Å²) in [5.41, 5.74) is 7.31. The van der Waals surface area contributed by atoms with Crippen molar-refractivity contribution in [2.45, 2.75) is 43.9 Å². The van der Waals surface area contributed by atoms with Gasteiger partial charge in [0.1, 0.15) is 0 Å². The van der Waals surface area contributed by atoms with Crippen molar-refractivity contribution in [2.24, 2.45) is 5.73 Å². The number of benzene rings is 1. The van der Waals surface area contributed by atoms with Gasteiger partial charge in [-0.05, 0) is 30.5 Å². The molecule has 0 spiro atoms. The average molecular weight is 295 g/mol. The summed E-state index contributed by atoms with van der Waals surface area (Å²) < 4.78 is 5.96. The molecule has 3 rings (SSSR count). The lowest BCUT2D eigenvalue weighted by molar-refractivity contribution is -0.102. The van der Waals surface area contributed by atoms with Gasteiger partial charge in [0.2, 0.25) is 0 Å². The molecule has 1 saturated heterocycles. The number of halogens is 1. The SMILES string of the molecule is NCC(c1cccc(Cl)c1)N1CCOC2CCCCC21. The Morgan fingerprint density at radius 2 is 2.20 bits per heavy atom. The minimum atomic E-state index is 0.253. The highest BCUT2D eigenvalue weighted by atomic mass is 35.5. The molecule has 3 atom stereocenters. The molecule has 2 aliphatic rings. The van der Waals surface area contributed by atoms with Gasteiger partial charge in [0, 0.05) is 30.2 Å². The van der Waals surface area contributed by atoms with Crippen molar-refractivity contribution in [3.8, 4) is 0 Å². The van der Waals surface area contributed by atoms with Gasteiger partial charge < -0.3 is 10.5 Å². The molecule has 1 aliphatic carbocycles. The second kappa shape index (κ2) is 6.44. The molecule has 3 unspecified atom stereocenters. The number of rotatable bonds is 3. The van der Waals surface area contributed by atoms with Crippen LogP contribution in [0.5, 0.6) is 0 Å². The summed E-state index contributed by atoms with van der Waals surface area (Å²) in [4.78, 5) is 2.55. The van der Waals surface area contributed by atoms with Gasteiger partial charge in [-0.2, -0.15) is 0 Å². The van der Waals surface area contributed by atoms with Gasteiger partial charge in [-0.3, -0.25) is 4.90 Å². The van der Waals surface area contributed by atoms with Crippen LogP contribution in [0.1, 0.15) is 37.3 Å². The van der Waals surface area contributed by atoms with E-state index < -0.39 is 0 Å². The van der Waals surface area contributed by atoms with Crippen molar-refractivity contribution >= 4 is 11.6 Å². The number of ether oxygens (including phenoxy) is 1. The highest BCUT2D eigenvalue weighted by Gasteiger charge is 2.37. The Kier molecular flexibility index (Phi) is 4.61. The quantitative estimate of drug-likeness (QED) is 0.931. The summed E-state index contributed by atoms with van der Waals surface area (Å²) in [6, 6.07) is 8.89. The smallest absolute Gasteiger partial charge is 0.0731 e. The fourth-order valence-electron chi connectivity index (χ4n) is 3.69. The Morgan fingerprint density at radius 1 is 1.35 bits per heavy atom. The third-order valence-corrected chi connectivity index (χ3v) is 4.87. The molecule has 20 heavy (non-hydrogen) atoms. The molecule has 0 radical (unpaired) electrons. The summed E-state index contributed by atoms with van der Waals surface area (Å²) in [5, 5.41) is 0.786. The summed E-state index contributed by atoms with van der Waals surface area (Å²) in [6.45, 7) is 2.41. The van der Waals surface area contributed by atoms with Crippen LogP contribution in [0.2, 0.25) is 5.02 Å². The van der Waals surface area contributed by atoms with Crippen LogP contribution in [0, 0.1) is 0 Å². The van der Waals surface area contributed by atoms with Crippen LogP contribution in [-0.4, -0.2) is 36.7 Å². The summed E-state index contributed by atoms with van der Waals surface area (Å²) in [5.74, 6) is 0. The van der Waals surface area contributed by atoms with E-state index in [0.717, 1.165) is 18.2 Å². The molecule has 3 nitrogen and oxygen atoms in total. The molecule has 110 valence electrons. The van der Waals surface area contributed by atoms with E-state index in [0.29, 0.717) is 18.7 Å². The molecule has 1 aromatic carbocycles. The van der Waals surface area contributed by atoms with E-state index in [1.165, 1.54) is 31.2 Å². The van der Waals surface area contributed by atoms with E-state index in [1.807, 2.05) is 18.2 Å². The van der Waals surface area contributed by atoms with E-state index in [9.17, 15) is 0 Å². The first-order valence-corrected chi connectivity index (χ1v) is 8.00. The zero-order chi connectivity index (χ0) is 13.9. The van der Waals surface area contributed by atoms with Crippen molar-refractivity contribution in [3.05, 3.63) is 34.9 Å². The third-order valence-electron chi connectivity index (χ3n) is 4.63. The number of nitrogens with zero attached hydrogens (tertiary/aromatic N) is 1. The molecular weight excluding hydrogens is 272 g/mol. The molecule has 1 saturated carbocycles. The van der Waals surface area contributed by atoms with Crippen LogP contribution in [0.3, 0.4) is 0 Å². The van der Waals surface area contributed by atoms with E-state index in [2.05, 4.69) is 11.0 Å². The highest BCUT2D eigenvalue weighted by molar-refractivity contribution is 6.30. The number of hydrogen-bond acceptors (Lipinski definition) is 3. The first kappa shape index (κ1) is 14.3. The van der Waals surface area contributed by atoms with E-state index in [4.69, 9.17) is 22.1 Å². The Bertz CT molecular complexity index is 452. The molecule has 1 heterocycles. The average Bonchev–Trinajstić information content (AvgIpc) is 2.48. The molecular formula is C16H23ClN2O. The van der Waals surface area contributed by atoms with Crippen molar-refractivity contribution in [2.75, 3.05) is 19.7 Å². The number of fused-ring (bicyclic) bond motifs is 1. The summed E-state index contributed by atoms with van der Waals surface area (Å²) in [7, 11) is 0. The Balaban J connectivity index is 1.84. The maximum Gasteiger partial charge on any atom is 0.0731 e. The zero-order valence-electron chi connectivity index (χ0n) is 11.8. The van der Waals surface area contributed by atoms with Crippen molar-refractivity contribution in [3.63, 3.8) is 0 Å². The Labute approximate surface area is 126 Å². The monoisotopic (exact) mass is 294 g/mol. The molecule has 0 bridgehead atoms. The Hall–Kier alpha value is -0.610. The van der Waals surface area contributed by atoms with Crippen LogP contribution in [-0.2, 0) is 4.74 Å². The fourth-order valence-corrected chi connectivity index (χ4v) is 3.89. The van der Waals surface area contributed by atoms with Crippen LogP contribution < -0.4 is 5.73 Å². The normalized spacial score (nSPS) is 28.9. The third kappa shape index (κ3) is 2.86. The molecule has 2 fully saturated rings. The standard InChI is InChI=1S/C16H23ClN2O/c17-13-5-3-4-12(10-13)15(11-18)19-8-9-20-16-7-2-1-6-14(16)19/h3-5,10,14-16H,1-2,6-9,11,18H2. The summed E-state index contributed by atoms with van der Waals surface area (Å²) >= 11 is 6.14. The van der Waals surface area contributed by atoms with Gasteiger partial charge >= 0.3 is 0 Å². The van der Waals surface area contributed by atoms with Gasteiger partial charge in [-0.25, -0.2) is 0 Å². The molecule has 0 amide bonds. The van der Waals surface area contributed by atoms with E-state index in [1.54, 1.807) is 0 Å². The van der Waals surface area contributed by atoms with Gasteiger partial charge in [-0.1, -0.05) is 36.6 Å². The van der Waals surface area contributed by atoms with E-state index >= 15 is 0 Å². The van der Waals surface area contributed by atoms with E-state index in [-0.39, 0.29) is 6.04 Å². The molecule has 4 heteroatoms. The predicted molar refractivity (Wildman–Crippen MR) is 81.9 cm³/mol. The van der Waals surface area contributed by atoms with Crippen LogP contribution in [0.15, 0.2) is 24.3 Å². The zero-order valence-corrected chi connectivity index (χ0v) is 12.6. The minimum Gasteiger partial charge on any atom is -0.375 e. The Morgan fingerprint density at radius 3 is 3.00 bits per heavy atom. The highest BCUT2D eigenvalue weighted by Crippen LogP contribution is 2.34. The first-order valence-electron chi connectivity index (χ1n) is 7.62. The topological polar surface area (TPSA) is 38.5 Å². The maximum absolute atomic E-state index is 6.14. The molecule has 2 N–H and O–H groups in total. The first-order chi connectivity index (χ1) is 9.79. The largest absolute Gasteiger partial charge is 0.375 e. The molecule has 0 aromatic heterocycles. The van der Waals surface area contributed by atoms with Crippen molar-refractivity contribution in [1.82, 2.24) is 4.90 Å². The lowest BCUT2D eigenvalue weighted by Gasteiger charge is -2.47. The lowest BCUT2D eigenvalue weighted by Crippen LogP contribution is -2.54. The van der Waals surface area contributed by atoms with Gasteiger partial charge in [0.15, 0.2) is 0 Å². The van der Waals surface area contributed by atoms with Gasteiger partial charge in [0.25, 0.3) is 0 Å². The maximum atomic E-state index is 6.14. The van der Waals surface area contributed by atoms with Crippen molar-refractivity contribution < 1.29 is 4.74 Å². The van der Waals surface area contributed by atoms with Gasteiger partial charge in [-0.15, -0.1) is 0 Å². The minimum absolute atomic E-state index is 0.253. The fraction of sp³-hybridized carbons (Fsp3) is 0.625. The van der Waals surface area contributed by atoms with Gasteiger partial charge in [0.05, 0.1) is 12.7 Å². The number of nitrogens with two attached hydrogens (primary N) is 1. The van der Waals surface area contributed by atoms with Crippen LogP contribution in [0.4, 0.5) is 0 Å². The number of morpholine rings is 1. The second-order valence-corrected chi connectivity index (χ2v) is 6.24. The molecule has 1 aromatic rings. The second-order valence-electron chi connectivity index (χ2n) is 5.81. The summed E-state index contributed by atoms with van der Waals surface area (Å²) in [6.07, 6.45) is 5.40. The number of hydrogen-bond donors (Lipinski definition) is 1.